The van der Waals surface area contributed by atoms with Crippen LogP contribution in [0.25, 0.3) is 11.4 Å². The molecule has 0 saturated heterocycles. The Labute approximate surface area is 144 Å². The zero-order valence-corrected chi connectivity index (χ0v) is 13.8. The number of carbonyl (C=O) groups excluding carboxylic acids is 1. The minimum Gasteiger partial charge on any atom is -0.324 e. The highest BCUT2D eigenvalue weighted by atomic mass is 16.2. The minimum atomic E-state index is -0.623. The van der Waals surface area contributed by atoms with Gasteiger partial charge in [0.2, 0.25) is 5.82 Å². The molecule has 0 bridgehead atoms. The van der Waals surface area contributed by atoms with Gasteiger partial charge in [-0.15, -0.1) is 10.2 Å². The van der Waals surface area contributed by atoms with Crippen molar-refractivity contribution in [1.29, 1.82) is 5.26 Å². The van der Waals surface area contributed by atoms with E-state index in [0.717, 1.165) is 11.1 Å². The number of nitrogens with zero attached hydrogens (tertiary/aromatic N) is 5. The van der Waals surface area contributed by atoms with Crippen molar-refractivity contribution in [3.63, 3.8) is 0 Å². The summed E-state index contributed by atoms with van der Waals surface area (Å²) in [5.41, 5.74) is 3.13. The lowest BCUT2D eigenvalue weighted by Crippen LogP contribution is -2.25. The van der Waals surface area contributed by atoms with Gasteiger partial charge in [0.25, 0.3) is 5.91 Å². The summed E-state index contributed by atoms with van der Waals surface area (Å²) < 4.78 is 0. The fourth-order valence-corrected chi connectivity index (χ4v) is 2.19. The molecule has 124 valence electrons. The van der Waals surface area contributed by atoms with Crippen molar-refractivity contribution in [2.45, 2.75) is 19.9 Å². The molecule has 25 heavy (non-hydrogen) atoms. The molecule has 7 heteroatoms. The van der Waals surface area contributed by atoms with Gasteiger partial charge in [-0.25, -0.2) is 0 Å². The van der Waals surface area contributed by atoms with Gasteiger partial charge in [0.15, 0.2) is 0 Å². The molecule has 0 aliphatic heterocycles. The molecule has 3 rings (SSSR count). The molecule has 2 aromatic carbocycles. The number of carbonyl (C=O) groups is 1. The van der Waals surface area contributed by atoms with Crippen LogP contribution in [-0.2, 0) is 4.79 Å². The molecule has 0 saturated carbocycles. The largest absolute Gasteiger partial charge is 0.324 e. The first-order chi connectivity index (χ1) is 12.1. The van der Waals surface area contributed by atoms with Crippen molar-refractivity contribution < 1.29 is 4.79 Å². The summed E-state index contributed by atoms with van der Waals surface area (Å²) in [5.74, 6) is 0.204. The zero-order chi connectivity index (χ0) is 17.8. The Hall–Kier alpha value is -3.53. The molecule has 0 aliphatic carbocycles. The van der Waals surface area contributed by atoms with Crippen LogP contribution in [0.4, 0.5) is 5.69 Å². The van der Waals surface area contributed by atoms with E-state index in [1.807, 2.05) is 37.3 Å². The van der Waals surface area contributed by atoms with Gasteiger partial charge >= 0.3 is 0 Å². The first-order valence-electron chi connectivity index (χ1n) is 7.74. The average Bonchev–Trinajstić information content (AvgIpc) is 3.12. The summed E-state index contributed by atoms with van der Waals surface area (Å²) in [7, 11) is 0. The Morgan fingerprint density at radius 2 is 1.84 bits per heavy atom. The van der Waals surface area contributed by atoms with Crippen LogP contribution in [-0.4, -0.2) is 26.1 Å². The van der Waals surface area contributed by atoms with Gasteiger partial charge < -0.3 is 5.32 Å². The van der Waals surface area contributed by atoms with Crippen molar-refractivity contribution in [3.05, 3.63) is 59.7 Å². The van der Waals surface area contributed by atoms with E-state index in [4.69, 9.17) is 5.26 Å². The Bertz CT molecular complexity index is 921. The van der Waals surface area contributed by atoms with Gasteiger partial charge in [0, 0.05) is 11.3 Å². The molecular weight excluding hydrogens is 316 g/mol. The normalized spacial score (nSPS) is 11.6. The number of nitriles is 1. The molecule has 1 N–H and O–H groups in total. The summed E-state index contributed by atoms with van der Waals surface area (Å²) in [6.07, 6.45) is 0. The number of amides is 1. The summed E-state index contributed by atoms with van der Waals surface area (Å²) >= 11 is 0. The van der Waals surface area contributed by atoms with Crippen LogP contribution in [0.2, 0.25) is 0 Å². The maximum atomic E-state index is 12.4. The van der Waals surface area contributed by atoms with Crippen LogP contribution in [0.5, 0.6) is 0 Å². The molecule has 7 nitrogen and oxygen atoms in total. The molecule has 1 aromatic heterocycles. The highest BCUT2D eigenvalue weighted by Crippen LogP contribution is 2.16. The minimum absolute atomic E-state index is 0.266. The molecule has 0 fully saturated rings. The van der Waals surface area contributed by atoms with Crippen LogP contribution < -0.4 is 5.32 Å². The van der Waals surface area contributed by atoms with Gasteiger partial charge in [-0.3, -0.25) is 4.79 Å². The number of anilines is 1. The number of rotatable bonds is 4. The van der Waals surface area contributed by atoms with Gasteiger partial charge in [-0.2, -0.15) is 10.1 Å². The van der Waals surface area contributed by atoms with E-state index in [2.05, 4.69) is 20.7 Å². The van der Waals surface area contributed by atoms with Crippen molar-refractivity contribution >= 4 is 11.6 Å². The lowest BCUT2D eigenvalue weighted by atomic mass is 10.1. The third-order valence-corrected chi connectivity index (χ3v) is 3.75. The van der Waals surface area contributed by atoms with Gasteiger partial charge in [-0.1, -0.05) is 29.8 Å². The van der Waals surface area contributed by atoms with E-state index < -0.39 is 6.04 Å². The SMILES string of the molecule is Cc1ccc(-c2nnn([C@H](C)C(=O)Nc3ccc(C#N)cc3)n2)cc1. The number of aryl methyl sites for hydroxylation is 1. The number of hydrogen-bond acceptors (Lipinski definition) is 5. The molecular formula is C18H16N6O. The van der Waals surface area contributed by atoms with Gasteiger partial charge in [0.05, 0.1) is 11.6 Å². The van der Waals surface area contributed by atoms with Crippen molar-refractivity contribution in [2.24, 2.45) is 0 Å². The number of hydrogen-bond donors (Lipinski definition) is 1. The summed E-state index contributed by atoms with van der Waals surface area (Å²) in [6.45, 7) is 3.70. The molecule has 0 spiro atoms. The molecule has 1 atom stereocenters. The highest BCUT2D eigenvalue weighted by Gasteiger charge is 2.19. The average molecular weight is 332 g/mol. The van der Waals surface area contributed by atoms with Crippen LogP contribution in [0.1, 0.15) is 24.1 Å². The Morgan fingerprint density at radius 1 is 1.16 bits per heavy atom. The Kier molecular flexibility index (Phi) is 4.53. The molecule has 1 heterocycles. The third kappa shape index (κ3) is 3.70. The zero-order valence-electron chi connectivity index (χ0n) is 13.8. The first-order valence-corrected chi connectivity index (χ1v) is 7.74. The number of aromatic nitrogens is 4. The second-order valence-corrected chi connectivity index (χ2v) is 5.65. The van der Waals surface area contributed by atoms with Gasteiger partial charge in [-0.05, 0) is 43.3 Å². The topological polar surface area (TPSA) is 96.5 Å². The lowest BCUT2D eigenvalue weighted by Gasteiger charge is -2.10. The van der Waals surface area contributed by atoms with Gasteiger partial charge in [0.1, 0.15) is 6.04 Å². The van der Waals surface area contributed by atoms with Crippen LogP contribution in [0.3, 0.4) is 0 Å². The van der Waals surface area contributed by atoms with E-state index >= 15 is 0 Å². The molecule has 3 aromatic rings. The lowest BCUT2D eigenvalue weighted by molar-refractivity contribution is -0.119. The Morgan fingerprint density at radius 3 is 2.48 bits per heavy atom. The van der Waals surface area contributed by atoms with E-state index in [1.165, 1.54) is 4.80 Å². The maximum Gasteiger partial charge on any atom is 0.250 e. The van der Waals surface area contributed by atoms with Crippen molar-refractivity contribution in [3.8, 4) is 17.5 Å². The van der Waals surface area contributed by atoms with Crippen LogP contribution >= 0.6 is 0 Å². The fraction of sp³-hybridized carbons (Fsp3) is 0.167. The predicted molar refractivity (Wildman–Crippen MR) is 92.5 cm³/mol. The number of nitrogens with one attached hydrogen (secondary N) is 1. The van der Waals surface area contributed by atoms with E-state index in [0.29, 0.717) is 17.1 Å². The summed E-state index contributed by atoms with van der Waals surface area (Å²) in [5, 5.41) is 23.8. The summed E-state index contributed by atoms with van der Waals surface area (Å²) in [4.78, 5) is 13.6. The van der Waals surface area contributed by atoms with Crippen molar-refractivity contribution in [2.75, 3.05) is 5.32 Å². The van der Waals surface area contributed by atoms with Crippen LogP contribution in [0.15, 0.2) is 48.5 Å². The molecule has 0 unspecified atom stereocenters. The maximum absolute atomic E-state index is 12.4. The quantitative estimate of drug-likeness (QED) is 0.792. The van der Waals surface area contributed by atoms with E-state index in [9.17, 15) is 4.79 Å². The monoisotopic (exact) mass is 332 g/mol. The van der Waals surface area contributed by atoms with Crippen molar-refractivity contribution in [1.82, 2.24) is 20.2 Å². The summed E-state index contributed by atoms with van der Waals surface area (Å²) in [6, 6.07) is 15.8. The number of benzene rings is 2. The van der Waals surface area contributed by atoms with Crippen LogP contribution in [0, 0.1) is 18.3 Å². The molecule has 0 radical (unpaired) electrons. The number of tetrazole rings is 1. The predicted octanol–water partition coefficient (Wildman–Crippen LogP) is 2.72. The second kappa shape index (κ2) is 6.93. The smallest absolute Gasteiger partial charge is 0.250 e. The van der Waals surface area contributed by atoms with E-state index in [-0.39, 0.29) is 5.91 Å². The first kappa shape index (κ1) is 16.3. The highest BCUT2D eigenvalue weighted by molar-refractivity contribution is 5.93. The molecule has 0 aliphatic rings. The standard InChI is InChI=1S/C18H16N6O/c1-12-3-7-15(8-4-12)17-21-23-24(22-17)13(2)18(25)20-16-9-5-14(11-19)6-10-16/h3-10,13H,1-2H3,(H,20,25)/t13-/m1/s1. The second-order valence-electron chi connectivity index (χ2n) is 5.65. The fourth-order valence-electron chi connectivity index (χ4n) is 2.19. The third-order valence-electron chi connectivity index (χ3n) is 3.75. The van der Waals surface area contributed by atoms with E-state index in [1.54, 1.807) is 31.2 Å². The Balaban J connectivity index is 1.71. The molecule has 1 amide bonds.